The number of benzene rings is 1. The van der Waals surface area contributed by atoms with Gasteiger partial charge in [-0.25, -0.2) is 4.79 Å². The lowest BCUT2D eigenvalue weighted by Crippen LogP contribution is -2.52. The zero-order chi connectivity index (χ0) is 20.7. The van der Waals surface area contributed by atoms with Gasteiger partial charge in [0.05, 0.1) is 19.7 Å². The molecule has 2 rings (SSSR count). The first-order valence-corrected chi connectivity index (χ1v) is 9.56. The van der Waals surface area contributed by atoms with E-state index < -0.39 is 0 Å². The Hall–Kier alpha value is -2.61. The molecule has 0 unspecified atom stereocenters. The highest BCUT2D eigenvalue weighted by atomic mass is 16.6. The van der Waals surface area contributed by atoms with Crippen LogP contribution in [0.1, 0.15) is 18.1 Å². The molecule has 1 aliphatic rings. The molecule has 1 saturated heterocycles. The number of nitrogens with one attached hydrogen (secondary N) is 1. The van der Waals surface area contributed by atoms with Crippen molar-refractivity contribution in [3.05, 3.63) is 29.3 Å². The van der Waals surface area contributed by atoms with Crippen LogP contribution < -0.4 is 5.32 Å². The zero-order valence-corrected chi connectivity index (χ0v) is 17.2. The summed E-state index contributed by atoms with van der Waals surface area (Å²) in [5.41, 5.74) is 2.83. The molecular formula is C20H30N4O4. The van der Waals surface area contributed by atoms with Crippen molar-refractivity contribution >= 4 is 23.6 Å². The summed E-state index contributed by atoms with van der Waals surface area (Å²) in [5, 5.41) is 2.93. The summed E-state index contributed by atoms with van der Waals surface area (Å²) in [7, 11) is 1.75. The Morgan fingerprint density at radius 1 is 1.04 bits per heavy atom. The van der Waals surface area contributed by atoms with E-state index in [1.165, 1.54) is 0 Å². The maximum atomic E-state index is 12.5. The van der Waals surface area contributed by atoms with E-state index in [2.05, 4.69) is 5.32 Å². The van der Waals surface area contributed by atoms with Crippen molar-refractivity contribution < 1.29 is 19.1 Å². The molecule has 1 N–H and O–H groups in total. The van der Waals surface area contributed by atoms with Crippen molar-refractivity contribution in [1.82, 2.24) is 14.7 Å². The van der Waals surface area contributed by atoms with Crippen LogP contribution in [0, 0.1) is 13.8 Å². The molecule has 1 fully saturated rings. The van der Waals surface area contributed by atoms with Crippen molar-refractivity contribution in [2.45, 2.75) is 20.8 Å². The van der Waals surface area contributed by atoms with E-state index in [0.717, 1.165) is 16.8 Å². The maximum Gasteiger partial charge on any atom is 0.409 e. The Bertz CT molecular complexity index is 694. The van der Waals surface area contributed by atoms with Gasteiger partial charge in [0.2, 0.25) is 11.8 Å². The Morgan fingerprint density at radius 3 is 2.18 bits per heavy atom. The first kappa shape index (κ1) is 21.7. The van der Waals surface area contributed by atoms with Crippen LogP contribution in [0.3, 0.4) is 0 Å². The van der Waals surface area contributed by atoms with E-state index in [-0.39, 0.29) is 31.0 Å². The number of nitrogens with zero attached hydrogens (tertiary/aromatic N) is 3. The lowest BCUT2D eigenvalue weighted by Gasteiger charge is -2.34. The molecule has 154 valence electrons. The molecule has 3 amide bonds. The number of ether oxygens (including phenoxy) is 1. The summed E-state index contributed by atoms with van der Waals surface area (Å²) in [6, 6.07) is 5.85. The maximum absolute atomic E-state index is 12.5. The summed E-state index contributed by atoms with van der Waals surface area (Å²) in [6.45, 7) is 8.15. The standard InChI is InChI=1S/C20H30N4O4/c1-5-28-20(27)24-11-9-23(10-12-24)18(26)14-22(4)13-17(25)21-19-15(2)7-6-8-16(19)3/h6-8H,5,9-14H2,1-4H3,(H,21,25). The number of amides is 3. The third-order valence-electron chi connectivity index (χ3n) is 4.72. The number of anilines is 1. The smallest absolute Gasteiger partial charge is 0.409 e. The van der Waals surface area contributed by atoms with E-state index in [1.54, 1.807) is 28.7 Å². The number of carbonyl (C=O) groups is 3. The Labute approximate surface area is 166 Å². The van der Waals surface area contributed by atoms with Crippen LogP contribution in [0.25, 0.3) is 0 Å². The molecule has 1 aromatic carbocycles. The third-order valence-corrected chi connectivity index (χ3v) is 4.72. The van der Waals surface area contributed by atoms with Crippen LogP contribution in [0.2, 0.25) is 0 Å². The van der Waals surface area contributed by atoms with E-state index >= 15 is 0 Å². The zero-order valence-electron chi connectivity index (χ0n) is 17.2. The van der Waals surface area contributed by atoms with Crippen molar-refractivity contribution in [1.29, 1.82) is 0 Å². The fourth-order valence-corrected chi connectivity index (χ4v) is 3.18. The average molecular weight is 390 g/mol. The Kier molecular flexibility index (Phi) is 7.80. The van der Waals surface area contributed by atoms with Crippen LogP contribution in [0.15, 0.2) is 18.2 Å². The molecule has 0 radical (unpaired) electrons. The van der Waals surface area contributed by atoms with Gasteiger partial charge in [-0.1, -0.05) is 18.2 Å². The number of carbonyl (C=O) groups excluding carboxylic acids is 3. The van der Waals surface area contributed by atoms with Crippen LogP contribution in [-0.2, 0) is 14.3 Å². The summed E-state index contributed by atoms with van der Waals surface area (Å²) in [6.07, 6.45) is -0.338. The van der Waals surface area contributed by atoms with Gasteiger partial charge >= 0.3 is 6.09 Å². The minimum Gasteiger partial charge on any atom is -0.450 e. The second-order valence-electron chi connectivity index (χ2n) is 7.05. The van der Waals surface area contributed by atoms with Gasteiger partial charge in [-0.2, -0.15) is 0 Å². The molecule has 0 saturated carbocycles. The molecule has 1 aromatic rings. The number of likely N-dealkylation sites (N-methyl/N-ethyl adjacent to an activating group) is 1. The summed E-state index contributed by atoms with van der Waals surface area (Å²) in [4.78, 5) is 41.5. The van der Waals surface area contributed by atoms with E-state index in [0.29, 0.717) is 32.8 Å². The molecule has 0 bridgehead atoms. The molecule has 1 aliphatic heterocycles. The Balaban J connectivity index is 1.78. The molecule has 0 aliphatic carbocycles. The number of hydrogen-bond donors (Lipinski definition) is 1. The number of aryl methyl sites for hydroxylation is 2. The highest BCUT2D eigenvalue weighted by molar-refractivity contribution is 5.94. The minimum atomic E-state index is -0.338. The quantitative estimate of drug-likeness (QED) is 0.796. The van der Waals surface area contributed by atoms with Crippen LogP contribution >= 0.6 is 0 Å². The van der Waals surface area contributed by atoms with Gasteiger partial charge in [0.25, 0.3) is 0 Å². The highest BCUT2D eigenvalue weighted by Crippen LogP contribution is 2.19. The van der Waals surface area contributed by atoms with E-state index in [4.69, 9.17) is 4.74 Å². The second kappa shape index (κ2) is 10.1. The lowest BCUT2D eigenvalue weighted by molar-refractivity contribution is -0.134. The molecule has 28 heavy (non-hydrogen) atoms. The molecule has 1 heterocycles. The molecular weight excluding hydrogens is 360 g/mol. The predicted molar refractivity (Wildman–Crippen MR) is 107 cm³/mol. The summed E-state index contributed by atoms with van der Waals surface area (Å²) >= 11 is 0. The van der Waals surface area contributed by atoms with Gasteiger partial charge in [0.1, 0.15) is 0 Å². The molecule has 8 heteroatoms. The van der Waals surface area contributed by atoms with Crippen LogP contribution in [-0.4, -0.2) is 85.5 Å². The monoisotopic (exact) mass is 390 g/mol. The van der Waals surface area contributed by atoms with Gasteiger partial charge in [-0.3, -0.25) is 14.5 Å². The minimum absolute atomic E-state index is 0.0501. The van der Waals surface area contributed by atoms with Gasteiger partial charge in [-0.05, 0) is 38.9 Å². The summed E-state index contributed by atoms with van der Waals surface area (Å²) < 4.78 is 4.98. The molecule has 0 aromatic heterocycles. The molecule has 8 nitrogen and oxygen atoms in total. The van der Waals surface area contributed by atoms with Gasteiger partial charge in [-0.15, -0.1) is 0 Å². The second-order valence-corrected chi connectivity index (χ2v) is 7.05. The van der Waals surface area contributed by atoms with Gasteiger partial charge < -0.3 is 19.9 Å². The molecule has 0 spiro atoms. The third kappa shape index (κ3) is 5.95. The van der Waals surface area contributed by atoms with Crippen molar-refractivity contribution in [3.8, 4) is 0 Å². The average Bonchev–Trinajstić information content (AvgIpc) is 2.65. The van der Waals surface area contributed by atoms with Crippen molar-refractivity contribution in [3.63, 3.8) is 0 Å². The number of para-hydroxylation sites is 1. The largest absolute Gasteiger partial charge is 0.450 e. The van der Waals surface area contributed by atoms with E-state index in [1.807, 2.05) is 32.0 Å². The highest BCUT2D eigenvalue weighted by Gasteiger charge is 2.25. The normalized spacial score (nSPS) is 14.2. The predicted octanol–water partition coefficient (Wildman–Crippen LogP) is 1.47. The summed E-state index contributed by atoms with van der Waals surface area (Å²) in [5.74, 6) is -0.203. The topological polar surface area (TPSA) is 82.2 Å². The molecule has 0 atom stereocenters. The lowest BCUT2D eigenvalue weighted by atomic mass is 10.1. The van der Waals surface area contributed by atoms with Gasteiger partial charge in [0.15, 0.2) is 0 Å². The number of hydrogen-bond acceptors (Lipinski definition) is 5. The van der Waals surface area contributed by atoms with Gasteiger partial charge in [0, 0.05) is 31.9 Å². The first-order chi connectivity index (χ1) is 13.3. The van der Waals surface area contributed by atoms with Crippen molar-refractivity contribution in [2.24, 2.45) is 0 Å². The fraction of sp³-hybridized carbons (Fsp3) is 0.550. The fourth-order valence-electron chi connectivity index (χ4n) is 3.18. The SMILES string of the molecule is CCOC(=O)N1CCN(C(=O)CN(C)CC(=O)Nc2c(C)cccc2C)CC1. The first-order valence-electron chi connectivity index (χ1n) is 9.56. The Morgan fingerprint density at radius 2 is 1.61 bits per heavy atom. The van der Waals surface area contributed by atoms with E-state index in [9.17, 15) is 14.4 Å². The van der Waals surface area contributed by atoms with Crippen LogP contribution in [0.5, 0.6) is 0 Å². The number of rotatable bonds is 6. The van der Waals surface area contributed by atoms with Crippen molar-refractivity contribution in [2.75, 3.05) is 58.2 Å². The number of piperazine rings is 1. The van der Waals surface area contributed by atoms with Crippen LogP contribution in [0.4, 0.5) is 10.5 Å².